The number of sulfonamides is 1. The molecule has 1 aliphatic carbocycles. The van der Waals surface area contributed by atoms with Crippen molar-refractivity contribution < 1.29 is 13.2 Å². The van der Waals surface area contributed by atoms with Crippen LogP contribution < -0.4 is 15.0 Å². The number of anilines is 1. The second kappa shape index (κ2) is 7.47. The minimum atomic E-state index is -3.51. The highest BCUT2D eigenvalue weighted by Crippen LogP contribution is 2.34. The smallest absolute Gasteiger partial charge is 0.258 e. The molecule has 8 nitrogen and oxygen atoms in total. The molecule has 9 heteroatoms. The van der Waals surface area contributed by atoms with Crippen LogP contribution in [0.5, 0.6) is 5.88 Å². The molecular formula is C20H22N4O4S. The summed E-state index contributed by atoms with van der Waals surface area (Å²) in [6.07, 6.45) is 5.28. The fraction of sp³-hybridized carbons (Fsp3) is 0.350. The zero-order chi connectivity index (χ0) is 20.6. The zero-order valence-electron chi connectivity index (χ0n) is 16.3. The summed E-state index contributed by atoms with van der Waals surface area (Å²) < 4.78 is 33.8. The highest BCUT2D eigenvalue weighted by Gasteiger charge is 2.24. The highest BCUT2D eigenvalue weighted by atomic mass is 32.2. The third-order valence-electron chi connectivity index (χ3n) is 4.88. The Labute approximate surface area is 168 Å². The van der Waals surface area contributed by atoms with Crippen LogP contribution in [-0.4, -0.2) is 35.3 Å². The van der Waals surface area contributed by atoms with Gasteiger partial charge in [-0.1, -0.05) is 18.2 Å². The number of aromatic nitrogens is 3. The van der Waals surface area contributed by atoms with E-state index in [9.17, 15) is 13.2 Å². The number of fused-ring (bicyclic) bond motifs is 1. The molecule has 4 rings (SSSR count). The van der Waals surface area contributed by atoms with Crippen molar-refractivity contribution >= 4 is 26.6 Å². The van der Waals surface area contributed by atoms with E-state index in [1.165, 1.54) is 10.8 Å². The molecule has 0 radical (unpaired) electrons. The van der Waals surface area contributed by atoms with Gasteiger partial charge in [-0.3, -0.25) is 9.52 Å². The number of rotatable bonds is 7. The Morgan fingerprint density at radius 2 is 1.97 bits per heavy atom. The fourth-order valence-corrected chi connectivity index (χ4v) is 3.59. The van der Waals surface area contributed by atoms with E-state index in [1.54, 1.807) is 32.3 Å². The van der Waals surface area contributed by atoms with E-state index in [0.29, 0.717) is 40.4 Å². The van der Waals surface area contributed by atoms with Gasteiger partial charge in [-0.2, -0.15) is 0 Å². The summed E-state index contributed by atoms with van der Waals surface area (Å²) in [5.74, 6) is 0.866. The van der Waals surface area contributed by atoms with Gasteiger partial charge in [0, 0.05) is 24.2 Å². The van der Waals surface area contributed by atoms with Gasteiger partial charge in [0.25, 0.3) is 5.56 Å². The maximum Gasteiger partial charge on any atom is 0.258 e. The molecule has 1 aromatic carbocycles. The standard InChI is InChI=1S/C20H22N4O4S/c1-3-29(26,27)23-17-10-21-19(28-12-13-8-9-13)18(22-17)16-11-24(2)20(25)15-7-5-4-6-14(15)16/h4-7,10-11,13H,3,8-9,12H2,1-2H3,(H,22,23). The van der Waals surface area contributed by atoms with Gasteiger partial charge in [-0.05, 0) is 37.1 Å². The summed E-state index contributed by atoms with van der Waals surface area (Å²) in [5, 5.41) is 1.25. The van der Waals surface area contributed by atoms with E-state index in [2.05, 4.69) is 14.7 Å². The normalized spacial score (nSPS) is 14.1. The Bertz CT molecular complexity index is 1230. The van der Waals surface area contributed by atoms with E-state index in [0.717, 1.165) is 12.8 Å². The van der Waals surface area contributed by atoms with E-state index in [1.807, 2.05) is 12.1 Å². The zero-order valence-corrected chi connectivity index (χ0v) is 17.1. The van der Waals surface area contributed by atoms with Crippen LogP contribution in [0.15, 0.2) is 41.5 Å². The van der Waals surface area contributed by atoms with Gasteiger partial charge in [0.05, 0.1) is 18.6 Å². The summed E-state index contributed by atoms with van der Waals surface area (Å²) in [7, 11) is -1.84. The van der Waals surface area contributed by atoms with Crippen molar-refractivity contribution in [2.75, 3.05) is 17.1 Å². The summed E-state index contributed by atoms with van der Waals surface area (Å²) in [6, 6.07) is 7.23. The molecule has 3 aromatic rings. The van der Waals surface area contributed by atoms with E-state index < -0.39 is 10.0 Å². The lowest BCUT2D eigenvalue weighted by Gasteiger charge is -2.14. The average molecular weight is 414 g/mol. The van der Waals surface area contributed by atoms with Crippen molar-refractivity contribution in [2.45, 2.75) is 19.8 Å². The Kier molecular flexibility index (Phi) is 4.99. The number of aryl methyl sites for hydroxylation is 1. The molecule has 0 bridgehead atoms. The van der Waals surface area contributed by atoms with Crippen LogP contribution >= 0.6 is 0 Å². The van der Waals surface area contributed by atoms with E-state index in [-0.39, 0.29) is 17.1 Å². The number of hydrogen-bond donors (Lipinski definition) is 1. The molecule has 0 saturated heterocycles. The van der Waals surface area contributed by atoms with Crippen LogP contribution in [0.4, 0.5) is 5.82 Å². The first kappa shape index (κ1) is 19.4. The van der Waals surface area contributed by atoms with Gasteiger partial charge in [-0.15, -0.1) is 0 Å². The SMILES string of the molecule is CCS(=O)(=O)Nc1cnc(OCC2CC2)c(-c2cn(C)c(=O)c3ccccc23)n1. The lowest BCUT2D eigenvalue weighted by molar-refractivity contribution is 0.289. The van der Waals surface area contributed by atoms with E-state index in [4.69, 9.17) is 4.74 Å². The second-order valence-electron chi connectivity index (χ2n) is 7.17. The number of benzene rings is 1. The highest BCUT2D eigenvalue weighted by molar-refractivity contribution is 7.92. The fourth-order valence-electron chi connectivity index (χ4n) is 3.03. The Hall–Kier alpha value is -2.94. The number of nitrogens with one attached hydrogen (secondary N) is 1. The van der Waals surface area contributed by atoms with Crippen molar-refractivity contribution in [3.8, 4) is 17.1 Å². The minimum absolute atomic E-state index is 0.0767. The molecule has 0 amide bonds. The van der Waals surface area contributed by atoms with Gasteiger partial charge >= 0.3 is 0 Å². The van der Waals surface area contributed by atoms with Gasteiger partial charge in [-0.25, -0.2) is 18.4 Å². The maximum absolute atomic E-state index is 12.5. The number of nitrogens with zero attached hydrogens (tertiary/aromatic N) is 3. The third-order valence-corrected chi connectivity index (χ3v) is 6.16. The largest absolute Gasteiger partial charge is 0.476 e. The summed E-state index contributed by atoms with van der Waals surface area (Å²) in [6.45, 7) is 2.08. The van der Waals surface area contributed by atoms with E-state index >= 15 is 0 Å². The predicted molar refractivity (Wildman–Crippen MR) is 112 cm³/mol. The molecule has 1 fully saturated rings. The Morgan fingerprint density at radius 1 is 1.24 bits per heavy atom. The monoisotopic (exact) mass is 414 g/mol. The number of hydrogen-bond acceptors (Lipinski definition) is 6. The van der Waals surface area contributed by atoms with Crippen LogP contribution in [-0.2, 0) is 17.1 Å². The van der Waals surface area contributed by atoms with Crippen LogP contribution in [0, 0.1) is 5.92 Å². The molecule has 0 spiro atoms. The van der Waals surface area contributed by atoms with Crippen molar-refractivity contribution in [2.24, 2.45) is 13.0 Å². The molecule has 152 valence electrons. The second-order valence-corrected chi connectivity index (χ2v) is 9.18. The molecule has 2 aromatic heterocycles. The van der Waals surface area contributed by atoms with Gasteiger partial charge in [0.15, 0.2) is 5.82 Å². The lowest BCUT2D eigenvalue weighted by Crippen LogP contribution is -2.18. The van der Waals surface area contributed by atoms with Gasteiger partial charge in [0.2, 0.25) is 15.9 Å². The third kappa shape index (κ3) is 4.09. The first-order valence-electron chi connectivity index (χ1n) is 9.47. The van der Waals surface area contributed by atoms with Crippen molar-refractivity contribution in [3.05, 3.63) is 47.0 Å². The quantitative estimate of drug-likeness (QED) is 0.637. The summed E-state index contributed by atoms with van der Waals surface area (Å²) in [5.41, 5.74) is 0.924. The first-order valence-corrected chi connectivity index (χ1v) is 11.1. The summed E-state index contributed by atoms with van der Waals surface area (Å²) >= 11 is 0. The maximum atomic E-state index is 12.5. The lowest BCUT2D eigenvalue weighted by atomic mass is 10.0. The predicted octanol–water partition coefficient (Wildman–Crippen LogP) is 2.55. The average Bonchev–Trinajstić information content (AvgIpc) is 3.54. The number of pyridine rings is 1. The molecule has 0 atom stereocenters. The molecule has 0 unspecified atom stereocenters. The van der Waals surface area contributed by atoms with Crippen molar-refractivity contribution in [3.63, 3.8) is 0 Å². The van der Waals surface area contributed by atoms with Gasteiger partial charge < -0.3 is 9.30 Å². The molecular weight excluding hydrogens is 392 g/mol. The molecule has 1 saturated carbocycles. The molecule has 0 aliphatic heterocycles. The molecule has 1 aliphatic rings. The van der Waals surface area contributed by atoms with Crippen molar-refractivity contribution in [1.29, 1.82) is 0 Å². The van der Waals surface area contributed by atoms with Gasteiger partial charge in [0.1, 0.15) is 5.69 Å². The van der Waals surface area contributed by atoms with Crippen LogP contribution in [0.2, 0.25) is 0 Å². The Balaban J connectivity index is 1.89. The van der Waals surface area contributed by atoms with Crippen LogP contribution in [0.3, 0.4) is 0 Å². The Morgan fingerprint density at radius 3 is 2.66 bits per heavy atom. The van der Waals surface area contributed by atoms with Crippen LogP contribution in [0.25, 0.3) is 22.0 Å². The summed E-state index contributed by atoms with van der Waals surface area (Å²) in [4.78, 5) is 21.4. The molecule has 1 N–H and O–H groups in total. The first-order chi connectivity index (χ1) is 13.9. The number of ether oxygens (including phenoxy) is 1. The molecule has 29 heavy (non-hydrogen) atoms. The topological polar surface area (TPSA) is 103 Å². The molecule has 2 heterocycles. The minimum Gasteiger partial charge on any atom is -0.476 e. The van der Waals surface area contributed by atoms with Crippen LogP contribution in [0.1, 0.15) is 19.8 Å². The van der Waals surface area contributed by atoms with Crippen molar-refractivity contribution in [1.82, 2.24) is 14.5 Å².